The van der Waals surface area contributed by atoms with Crippen LogP contribution < -0.4 is 0 Å². The third-order valence-electron chi connectivity index (χ3n) is 3.47. The van der Waals surface area contributed by atoms with Crippen LogP contribution in [0.3, 0.4) is 0 Å². The molecular formula is C16H22O. The van der Waals surface area contributed by atoms with Gasteiger partial charge in [-0.2, -0.15) is 0 Å². The Balaban J connectivity index is 2.18. The molecule has 0 saturated carbocycles. The molecule has 1 heteroatoms. The van der Waals surface area contributed by atoms with Gasteiger partial charge in [-0.1, -0.05) is 64.1 Å². The standard InChI is InChI=1S/C16H22O/c1-12-14(10-13-8-6-5-7-9-13)11-17-15(12)16(2,3)4/h5-10,12,15H,11H2,1-4H3/b14-10+/t12-,15-/m0/s1. The highest BCUT2D eigenvalue weighted by molar-refractivity contribution is 5.54. The van der Waals surface area contributed by atoms with Crippen molar-refractivity contribution in [3.63, 3.8) is 0 Å². The molecule has 1 heterocycles. The monoisotopic (exact) mass is 230 g/mol. The quantitative estimate of drug-likeness (QED) is 0.704. The van der Waals surface area contributed by atoms with Crippen LogP contribution in [-0.4, -0.2) is 12.7 Å². The van der Waals surface area contributed by atoms with Crippen molar-refractivity contribution in [1.29, 1.82) is 0 Å². The molecule has 1 nitrogen and oxygen atoms in total. The molecule has 1 aromatic rings. The number of hydrogen-bond acceptors (Lipinski definition) is 1. The van der Waals surface area contributed by atoms with Crippen LogP contribution >= 0.6 is 0 Å². The van der Waals surface area contributed by atoms with Crippen LogP contribution in [0.1, 0.15) is 33.3 Å². The summed E-state index contributed by atoms with van der Waals surface area (Å²) in [5, 5.41) is 0. The summed E-state index contributed by atoms with van der Waals surface area (Å²) in [5.41, 5.74) is 2.90. The second kappa shape index (κ2) is 4.66. The van der Waals surface area contributed by atoms with Gasteiger partial charge >= 0.3 is 0 Å². The number of hydrogen-bond donors (Lipinski definition) is 0. The fraction of sp³-hybridized carbons (Fsp3) is 0.500. The van der Waals surface area contributed by atoms with Gasteiger partial charge in [0.2, 0.25) is 0 Å². The van der Waals surface area contributed by atoms with Crippen molar-refractivity contribution < 1.29 is 4.74 Å². The molecule has 2 rings (SSSR count). The summed E-state index contributed by atoms with van der Waals surface area (Å²) in [6.45, 7) is 9.80. The van der Waals surface area contributed by atoms with E-state index in [1.54, 1.807) is 0 Å². The molecule has 0 N–H and O–H groups in total. The molecule has 17 heavy (non-hydrogen) atoms. The number of benzene rings is 1. The maximum Gasteiger partial charge on any atom is 0.0691 e. The lowest BCUT2D eigenvalue weighted by Crippen LogP contribution is -2.30. The van der Waals surface area contributed by atoms with Gasteiger partial charge in [0.05, 0.1) is 12.7 Å². The number of ether oxygens (including phenoxy) is 1. The van der Waals surface area contributed by atoms with Gasteiger partial charge in [0, 0.05) is 5.92 Å². The predicted molar refractivity (Wildman–Crippen MR) is 72.8 cm³/mol. The first kappa shape index (κ1) is 12.4. The third-order valence-corrected chi connectivity index (χ3v) is 3.47. The average Bonchev–Trinajstić information content (AvgIpc) is 2.61. The van der Waals surface area contributed by atoms with E-state index < -0.39 is 0 Å². The highest BCUT2D eigenvalue weighted by Crippen LogP contribution is 2.37. The van der Waals surface area contributed by atoms with Gasteiger partial charge in [-0.3, -0.25) is 0 Å². The first-order valence-electron chi connectivity index (χ1n) is 6.35. The van der Waals surface area contributed by atoms with Gasteiger partial charge in [-0.05, 0) is 16.6 Å². The summed E-state index contributed by atoms with van der Waals surface area (Å²) in [6.07, 6.45) is 2.61. The molecule has 1 fully saturated rings. The molecule has 0 unspecified atom stereocenters. The van der Waals surface area contributed by atoms with Crippen molar-refractivity contribution in [3.05, 3.63) is 41.5 Å². The van der Waals surface area contributed by atoms with Crippen molar-refractivity contribution in [1.82, 2.24) is 0 Å². The minimum absolute atomic E-state index is 0.214. The molecular weight excluding hydrogens is 208 g/mol. The molecule has 0 amide bonds. The SMILES string of the molecule is C[C@H]1/C(=C/c2ccccc2)CO[C@@H]1C(C)(C)C. The smallest absolute Gasteiger partial charge is 0.0691 e. The minimum Gasteiger partial charge on any atom is -0.373 e. The first-order chi connectivity index (χ1) is 7.98. The van der Waals surface area contributed by atoms with E-state index in [1.165, 1.54) is 11.1 Å². The molecule has 1 aromatic carbocycles. The van der Waals surface area contributed by atoms with Gasteiger partial charge in [0.25, 0.3) is 0 Å². The number of rotatable bonds is 1. The van der Waals surface area contributed by atoms with Crippen molar-refractivity contribution in [2.24, 2.45) is 11.3 Å². The lowest BCUT2D eigenvalue weighted by Gasteiger charge is -2.29. The summed E-state index contributed by atoms with van der Waals surface area (Å²) in [5.74, 6) is 0.509. The van der Waals surface area contributed by atoms with Gasteiger partial charge in [-0.15, -0.1) is 0 Å². The summed E-state index contributed by atoms with van der Waals surface area (Å²) in [4.78, 5) is 0. The second-order valence-electron chi connectivity index (χ2n) is 6.02. The van der Waals surface area contributed by atoms with E-state index in [2.05, 4.69) is 64.1 Å². The Bertz CT molecular complexity index is 397. The fourth-order valence-corrected chi connectivity index (χ4v) is 2.59. The molecule has 0 aromatic heterocycles. The highest BCUT2D eigenvalue weighted by Gasteiger charge is 2.37. The molecule has 92 valence electrons. The summed E-state index contributed by atoms with van der Waals surface area (Å²) in [6, 6.07) is 10.5. The van der Waals surface area contributed by atoms with Gasteiger partial charge in [-0.25, -0.2) is 0 Å². The zero-order valence-electron chi connectivity index (χ0n) is 11.2. The molecule has 0 aliphatic carbocycles. The Kier molecular flexibility index (Phi) is 3.39. The van der Waals surface area contributed by atoms with Gasteiger partial charge < -0.3 is 4.74 Å². The molecule has 2 atom stereocenters. The van der Waals surface area contributed by atoms with E-state index in [0.717, 1.165) is 6.61 Å². The molecule has 1 saturated heterocycles. The highest BCUT2D eigenvalue weighted by atomic mass is 16.5. The third kappa shape index (κ3) is 2.78. The van der Waals surface area contributed by atoms with E-state index in [0.29, 0.717) is 12.0 Å². The van der Waals surface area contributed by atoms with Crippen LogP contribution in [0.4, 0.5) is 0 Å². The molecule has 1 aliphatic rings. The van der Waals surface area contributed by atoms with E-state index in [1.807, 2.05) is 0 Å². The van der Waals surface area contributed by atoms with E-state index in [4.69, 9.17) is 4.74 Å². The normalized spacial score (nSPS) is 27.6. The van der Waals surface area contributed by atoms with Crippen LogP contribution in [0.25, 0.3) is 6.08 Å². The van der Waals surface area contributed by atoms with Crippen LogP contribution in [0, 0.1) is 11.3 Å². The largest absolute Gasteiger partial charge is 0.373 e. The molecule has 1 aliphatic heterocycles. The zero-order valence-corrected chi connectivity index (χ0v) is 11.2. The van der Waals surface area contributed by atoms with Crippen LogP contribution in [0.2, 0.25) is 0 Å². The van der Waals surface area contributed by atoms with Crippen LogP contribution in [0.5, 0.6) is 0 Å². The van der Waals surface area contributed by atoms with Crippen molar-refractivity contribution in [2.45, 2.75) is 33.8 Å². The fourth-order valence-electron chi connectivity index (χ4n) is 2.59. The van der Waals surface area contributed by atoms with E-state index in [-0.39, 0.29) is 5.41 Å². The van der Waals surface area contributed by atoms with Crippen molar-refractivity contribution in [3.8, 4) is 0 Å². The lowest BCUT2D eigenvalue weighted by molar-refractivity contribution is 0.0106. The van der Waals surface area contributed by atoms with Crippen molar-refractivity contribution in [2.75, 3.05) is 6.61 Å². The Morgan fingerprint density at radius 2 is 1.82 bits per heavy atom. The summed E-state index contributed by atoms with van der Waals surface area (Å²) < 4.78 is 5.95. The predicted octanol–water partition coefficient (Wildman–Crippen LogP) is 4.15. The summed E-state index contributed by atoms with van der Waals surface area (Å²) >= 11 is 0. The van der Waals surface area contributed by atoms with Crippen molar-refractivity contribution >= 4 is 6.08 Å². The van der Waals surface area contributed by atoms with Crippen LogP contribution in [-0.2, 0) is 4.74 Å². The maximum absolute atomic E-state index is 5.95. The minimum atomic E-state index is 0.214. The average molecular weight is 230 g/mol. The van der Waals surface area contributed by atoms with Gasteiger partial charge in [0.1, 0.15) is 0 Å². The Labute approximate surface area is 104 Å². The first-order valence-corrected chi connectivity index (χ1v) is 6.35. The molecule has 0 spiro atoms. The lowest BCUT2D eigenvalue weighted by atomic mass is 9.80. The van der Waals surface area contributed by atoms with E-state index >= 15 is 0 Å². The Hall–Kier alpha value is -1.08. The topological polar surface area (TPSA) is 9.23 Å². The zero-order chi connectivity index (χ0) is 12.5. The summed E-state index contributed by atoms with van der Waals surface area (Å²) in [7, 11) is 0. The Morgan fingerprint density at radius 1 is 1.18 bits per heavy atom. The van der Waals surface area contributed by atoms with E-state index in [9.17, 15) is 0 Å². The maximum atomic E-state index is 5.95. The van der Waals surface area contributed by atoms with Gasteiger partial charge in [0.15, 0.2) is 0 Å². The molecule has 0 bridgehead atoms. The van der Waals surface area contributed by atoms with Crippen LogP contribution in [0.15, 0.2) is 35.9 Å². The Morgan fingerprint density at radius 3 is 2.35 bits per heavy atom. The second-order valence-corrected chi connectivity index (χ2v) is 6.02. The molecule has 0 radical (unpaired) electrons.